The van der Waals surface area contributed by atoms with Gasteiger partial charge in [0.1, 0.15) is 0 Å². The van der Waals surface area contributed by atoms with Crippen LogP contribution in [0.2, 0.25) is 0 Å². The van der Waals surface area contributed by atoms with Crippen molar-refractivity contribution in [3.05, 3.63) is 29.3 Å². The predicted octanol–water partition coefficient (Wildman–Crippen LogP) is 3.12. The first-order valence-corrected chi connectivity index (χ1v) is 6.77. The summed E-state index contributed by atoms with van der Waals surface area (Å²) < 4.78 is 0. The van der Waals surface area contributed by atoms with Crippen LogP contribution in [-0.4, -0.2) is 19.6 Å². The lowest BCUT2D eigenvalue weighted by atomic mass is 10.1. The topological polar surface area (TPSA) is 29.3 Å². The first-order chi connectivity index (χ1) is 8.22. The molecule has 0 spiro atoms. The van der Waals surface area contributed by atoms with Crippen molar-refractivity contribution in [2.75, 3.05) is 24.5 Å². The van der Waals surface area contributed by atoms with Crippen molar-refractivity contribution in [1.29, 1.82) is 0 Å². The highest BCUT2D eigenvalue weighted by atomic mass is 15.1. The Hall–Kier alpha value is -1.02. The lowest BCUT2D eigenvalue weighted by molar-refractivity contribution is 0.742. The first kappa shape index (κ1) is 14.0. The van der Waals surface area contributed by atoms with Gasteiger partial charge in [-0.2, -0.15) is 0 Å². The van der Waals surface area contributed by atoms with Crippen LogP contribution in [-0.2, 0) is 6.42 Å². The van der Waals surface area contributed by atoms with E-state index in [9.17, 15) is 0 Å². The Kier molecular flexibility index (Phi) is 6.06. The highest BCUT2D eigenvalue weighted by molar-refractivity contribution is 5.54. The predicted molar refractivity (Wildman–Crippen MR) is 76.7 cm³/mol. The summed E-state index contributed by atoms with van der Waals surface area (Å²) >= 11 is 0. The minimum absolute atomic E-state index is 0.729. The van der Waals surface area contributed by atoms with E-state index in [0.29, 0.717) is 0 Å². The van der Waals surface area contributed by atoms with E-state index in [1.165, 1.54) is 29.7 Å². The van der Waals surface area contributed by atoms with Gasteiger partial charge in [-0.25, -0.2) is 0 Å². The zero-order valence-electron chi connectivity index (χ0n) is 11.5. The molecule has 0 aliphatic carbocycles. The monoisotopic (exact) mass is 234 g/mol. The van der Waals surface area contributed by atoms with Crippen molar-refractivity contribution in [3.8, 4) is 0 Å². The molecule has 2 N–H and O–H groups in total. The van der Waals surface area contributed by atoms with Gasteiger partial charge in [-0.05, 0) is 49.9 Å². The molecule has 0 bridgehead atoms. The Morgan fingerprint density at radius 3 is 2.24 bits per heavy atom. The number of aryl methyl sites for hydroxylation is 1. The minimum atomic E-state index is 0.729. The summed E-state index contributed by atoms with van der Waals surface area (Å²) in [4.78, 5) is 2.49. The van der Waals surface area contributed by atoms with Gasteiger partial charge in [-0.3, -0.25) is 0 Å². The molecule has 1 rings (SSSR count). The summed E-state index contributed by atoms with van der Waals surface area (Å²) in [6.07, 6.45) is 3.37. The molecular formula is C15H26N2. The van der Waals surface area contributed by atoms with Crippen molar-refractivity contribution in [2.24, 2.45) is 5.73 Å². The van der Waals surface area contributed by atoms with Crippen molar-refractivity contribution in [2.45, 2.75) is 40.0 Å². The quantitative estimate of drug-likeness (QED) is 0.785. The second-order valence-electron chi connectivity index (χ2n) is 4.65. The van der Waals surface area contributed by atoms with Crippen LogP contribution in [0.3, 0.4) is 0 Å². The number of hydrogen-bond donors (Lipinski definition) is 1. The second-order valence-corrected chi connectivity index (χ2v) is 4.65. The zero-order valence-corrected chi connectivity index (χ0v) is 11.5. The minimum Gasteiger partial charge on any atom is -0.371 e. The second kappa shape index (κ2) is 7.33. The molecule has 0 saturated heterocycles. The van der Waals surface area contributed by atoms with Crippen LogP contribution >= 0.6 is 0 Å². The Morgan fingerprint density at radius 2 is 1.76 bits per heavy atom. The molecule has 0 atom stereocenters. The molecule has 96 valence electrons. The number of anilines is 1. The SMILES string of the molecule is CCCN(CCC)c1ccc(CCN)cc1C. The number of benzene rings is 1. The van der Waals surface area contributed by atoms with Crippen molar-refractivity contribution < 1.29 is 0 Å². The van der Waals surface area contributed by atoms with E-state index in [1.807, 2.05) is 0 Å². The van der Waals surface area contributed by atoms with Gasteiger partial charge in [0.05, 0.1) is 0 Å². The Bertz CT molecular complexity index is 328. The standard InChI is InChI=1S/C15H26N2/c1-4-10-17(11-5-2)15-7-6-14(8-9-16)12-13(15)3/h6-7,12H,4-5,8-11,16H2,1-3H3. The van der Waals surface area contributed by atoms with Crippen LogP contribution in [0.15, 0.2) is 18.2 Å². The summed E-state index contributed by atoms with van der Waals surface area (Å²) in [5, 5.41) is 0. The summed E-state index contributed by atoms with van der Waals surface area (Å²) in [6, 6.07) is 6.75. The fourth-order valence-corrected chi connectivity index (χ4v) is 2.29. The van der Waals surface area contributed by atoms with Crippen molar-refractivity contribution >= 4 is 5.69 Å². The van der Waals surface area contributed by atoms with E-state index in [1.54, 1.807) is 0 Å². The maximum absolute atomic E-state index is 5.59. The molecule has 0 heterocycles. The van der Waals surface area contributed by atoms with Crippen LogP contribution in [0.1, 0.15) is 37.8 Å². The molecule has 0 aliphatic heterocycles. The molecule has 0 radical (unpaired) electrons. The highest BCUT2D eigenvalue weighted by Crippen LogP contribution is 2.22. The maximum Gasteiger partial charge on any atom is 0.0396 e. The molecule has 0 unspecified atom stereocenters. The van der Waals surface area contributed by atoms with Gasteiger partial charge in [0.15, 0.2) is 0 Å². The van der Waals surface area contributed by atoms with E-state index in [-0.39, 0.29) is 0 Å². The number of nitrogens with two attached hydrogens (primary N) is 1. The number of rotatable bonds is 7. The van der Waals surface area contributed by atoms with E-state index < -0.39 is 0 Å². The fraction of sp³-hybridized carbons (Fsp3) is 0.600. The summed E-state index contributed by atoms with van der Waals surface area (Å²) in [6.45, 7) is 9.69. The lowest BCUT2D eigenvalue weighted by Gasteiger charge is -2.26. The molecule has 1 aromatic carbocycles. The lowest BCUT2D eigenvalue weighted by Crippen LogP contribution is -2.25. The summed E-state index contributed by atoms with van der Waals surface area (Å²) in [5.41, 5.74) is 9.70. The molecule has 2 heteroatoms. The van der Waals surface area contributed by atoms with Gasteiger partial charge < -0.3 is 10.6 Å². The molecule has 0 saturated carbocycles. The zero-order chi connectivity index (χ0) is 12.7. The van der Waals surface area contributed by atoms with Gasteiger partial charge in [0.2, 0.25) is 0 Å². The largest absolute Gasteiger partial charge is 0.371 e. The van der Waals surface area contributed by atoms with Crippen molar-refractivity contribution in [1.82, 2.24) is 0 Å². The van der Waals surface area contributed by atoms with Crippen LogP contribution in [0.4, 0.5) is 5.69 Å². The third-order valence-corrected chi connectivity index (χ3v) is 3.02. The van der Waals surface area contributed by atoms with Crippen molar-refractivity contribution in [3.63, 3.8) is 0 Å². The van der Waals surface area contributed by atoms with Gasteiger partial charge >= 0.3 is 0 Å². The first-order valence-electron chi connectivity index (χ1n) is 6.77. The molecule has 17 heavy (non-hydrogen) atoms. The average Bonchev–Trinajstić information content (AvgIpc) is 2.29. The number of hydrogen-bond acceptors (Lipinski definition) is 2. The Balaban J connectivity index is 2.87. The molecule has 0 fully saturated rings. The maximum atomic E-state index is 5.59. The fourth-order valence-electron chi connectivity index (χ4n) is 2.29. The van der Waals surface area contributed by atoms with E-state index in [0.717, 1.165) is 26.1 Å². The Labute approximate surface area is 106 Å². The van der Waals surface area contributed by atoms with Gasteiger partial charge in [0, 0.05) is 18.8 Å². The molecule has 1 aromatic rings. The molecular weight excluding hydrogens is 208 g/mol. The molecule has 2 nitrogen and oxygen atoms in total. The molecule has 0 aliphatic rings. The van der Waals surface area contributed by atoms with Crippen LogP contribution in [0, 0.1) is 6.92 Å². The van der Waals surface area contributed by atoms with Crippen LogP contribution in [0.25, 0.3) is 0 Å². The van der Waals surface area contributed by atoms with Gasteiger partial charge in [0.25, 0.3) is 0 Å². The summed E-state index contributed by atoms with van der Waals surface area (Å²) in [5.74, 6) is 0. The van der Waals surface area contributed by atoms with Crippen LogP contribution in [0.5, 0.6) is 0 Å². The van der Waals surface area contributed by atoms with Crippen LogP contribution < -0.4 is 10.6 Å². The number of nitrogens with zero attached hydrogens (tertiary/aromatic N) is 1. The highest BCUT2D eigenvalue weighted by Gasteiger charge is 2.07. The average molecular weight is 234 g/mol. The van der Waals surface area contributed by atoms with E-state index in [4.69, 9.17) is 5.73 Å². The smallest absolute Gasteiger partial charge is 0.0396 e. The molecule has 0 amide bonds. The van der Waals surface area contributed by atoms with Gasteiger partial charge in [-0.1, -0.05) is 26.0 Å². The van der Waals surface area contributed by atoms with E-state index >= 15 is 0 Å². The normalized spacial score (nSPS) is 10.6. The van der Waals surface area contributed by atoms with Gasteiger partial charge in [-0.15, -0.1) is 0 Å². The Morgan fingerprint density at radius 1 is 1.12 bits per heavy atom. The summed E-state index contributed by atoms with van der Waals surface area (Å²) in [7, 11) is 0. The third kappa shape index (κ3) is 4.04. The molecule has 0 aromatic heterocycles. The third-order valence-electron chi connectivity index (χ3n) is 3.02. The van der Waals surface area contributed by atoms with E-state index in [2.05, 4.69) is 43.9 Å².